The van der Waals surface area contributed by atoms with Gasteiger partial charge in [-0.1, -0.05) is 12.1 Å². The third kappa shape index (κ3) is 5.88. The number of hydrogen-bond acceptors (Lipinski definition) is 4. The Labute approximate surface area is 148 Å². The van der Waals surface area contributed by atoms with E-state index in [1.165, 1.54) is 25.3 Å². The number of rotatable bonds is 8. The molecule has 25 heavy (non-hydrogen) atoms. The van der Waals surface area contributed by atoms with E-state index in [0.29, 0.717) is 0 Å². The van der Waals surface area contributed by atoms with Crippen molar-refractivity contribution in [1.29, 1.82) is 0 Å². The van der Waals surface area contributed by atoms with E-state index in [0.717, 1.165) is 24.2 Å². The highest BCUT2D eigenvalue weighted by molar-refractivity contribution is 7.89. The second-order valence-corrected chi connectivity index (χ2v) is 7.52. The van der Waals surface area contributed by atoms with Gasteiger partial charge in [0.25, 0.3) is 0 Å². The number of sulfonamides is 1. The molecule has 0 saturated carbocycles. The summed E-state index contributed by atoms with van der Waals surface area (Å²) >= 11 is 0. The fourth-order valence-corrected chi connectivity index (χ4v) is 2.95. The maximum Gasteiger partial charge on any atom is 0.244 e. The second-order valence-electron chi connectivity index (χ2n) is 5.64. The van der Waals surface area contributed by atoms with Crippen molar-refractivity contribution in [1.82, 2.24) is 10.0 Å². The highest BCUT2D eigenvalue weighted by Crippen LogP contribution is 2.11. The number of carbonyl (C=O) groups is 1. The Morgan fingerprint density at radius 2 is 1.96 bits per heavy atom. The molecule has 0 saturated heterocycles. The van der Waals surface area contributed by atoms with Crippen LogP contribution >= 0.6 is 0 Å². The van der Waals surface area contributed by atoms with E-state index >= 15 is 0 Å². The van der Waals surface area contributed by atoms with Gasteiger partial charge >= 0.3 is 0 Å². The van der Waals surface area contributed by atoms with Gasteiger partial charge < -0.3 is 9.73 Å². The largest absolute Gasteiger partial charge is 0.469 e. The van der Waals surface area contributed by atoms with Gasteiger partial charge in [0, 0.05) is 18.5 Å². The quantitative estimate of drug-likeness (QED) is 0.706. The Balaban J connectivity index is 1.85. The Morgan fingerprint density at radius 1 is 1.24 bits per heavy atom. The van der Waals surface area contributed by atoms with E-state index in [4.69, 9.17) is 4.42 Å². The van der Waals surface area contributed by atoms with Gasteiger partial charge in [-0.15, -0.1) is 0 Å². The number of aryl methyl sites for hydroxylation is 1. The average molecular weight is 362 g/mol. The molecular weight excluding hydrogens is 340 g/mol. The molecule has 0 fully saturated rings. The van der Waals surface area contributed by atoms with Crippen molar-refractivity contribution in [3.8, 4) is 0 Å². The zero-order valence-electron chi connectivity index (χ0n) is 14.2. The van der Waals surface area contributed by atoms with Crippen molar-refractivity contribution in [2.75, 3.05) is 7.05 Å². The van der Waals surface area contributed by atoms with Crippen LogP contribution in [-0.4, -0.2) is 27.4 Å². The van der Waals surface area contributed by atoms with Crippen LogP contribution in [-0.2, 0) is 21.2 Å². The first-order valence-corrected chi connectivity index (χ1v) is 9.43. The van der Waals surface area contributed by atoms with Gasteiger partial charge in [0.2, 0.25) is 15.9 Å². The highest BCUT2D eigenvalue weighted by atomic mass is 32.2. The van der Waals surface area contributed by atoms with Crippen LogP contribution in [0.2, 0.25) is 0 Å². The van der Waals surface area contributed by atoms with E-state index in [1.54, 1.807) is 24.5 Å². The molecule has 0 radical (unpaired) electrons. The number of benzene rings is 1. The predicted molar refractivity (Wildman–Crippen MR) is 96.4 cm³/mol. The van der Waals surface area contributed by atoms with Crippen molar-refractivity contribution in [3.05, 3.63) is 60.1 Å². The van der Waals surface area contributed by atoms with Gasteiger partial charge in [0.15, 0.2) is 0 Å². The van der Waals surface area contributed by atoms with Crippen molar-refractivity contribution in [2.24, 2.45) is 0 Å². The molecule has 7 heteroatoms. The maximum absolute atomic E-state index is 11.9. The van der Waals surface area contributed by atoms with Crippen LogP contribution in [0, 0.1) is 0 Å². The molecule has 0 aliphatic carbocycles. The number of hydrogen-bond donors (Lipinski definition) is 2. The molecule has 1 atom stereocenters. The average Bonchev–Trinajstić information content (AvgIpc) is 3.12. The van der Waals surface area contributed by atoms with E-state index in [1.807, 2.05) is 19.1 Å². The summed E-state index contributed by atoms with van der Waals surface area (Å²) in [6.45, 7) is 1.94. The molecule has 0 aliphatic rings. The van der Waals surface area contributed by atoms with Crippen LogP contribution in [0.3, 0.4) is 0 Å². The molecule has 1 unspecified atom stereocenters. The molecule has 1 heterocycles. The highest BCUT2D eigenvalue weighted by Gasteiger charge is 2.10. The lowest BCUT2D eigenvalue weighted by atomic mass is 10.1. The summed E-state index contributed by atoms with van der Waals surface area (Å²) in [6.07, 6.45) is 6.26. The minimum atomic E-state index is -3.45. The molecule has 2 rings (SSSR count). The Bertz CT molecular complexity index is 809. The minimum Gasteiger partial charge on any atom is -0.469 e. The molecule has 1 amide bonds. The molecule has 1 aromatic heterocycles. The van der Waals surface area contributed by atoms with Gasteiger partial charge in [-0.25, -0.2) is 13.1 Å². The van der Waals surface area contributed by atoms with E-state index in [2.05, 4.69) is 10.0 Å². The second kappa shape index (κ2) is 8.64. The third-order valence-electron chi connectivity index (χ3n) is 3.68. The molecule has 2 aromatic rings. The zero-order valence-corrected chi connectivity index (χ0v) is 15.0. The lowest BCUT2D eigenvalue weighted by Crippen LogP contribution is -2.31. The van der Waals surface area contributed by atoms with Gasteiger partial charge in [-0.3, -0.25) is 4.79 Å². The number of amides is 1. The summed E-state index contributed by atoms with van der Waals surface area (Å²) in [6, 6.07) is 10.1. The molecule has 134 valence electrons. The first-order chi connectivity index (χ1) is 11.9. The predicted octanol–water partition coefficient (Wildman–Crippen LogP) is 2.34. The standard InChI is InChI=1S/C18H22N2O4S/c1-14(5-9-16-4-3-13-24-16)20-18(21)12-8-15-6-10-17(11-7-15)25(22,23)19-2/h3-4,6-8,10-14,19H,5,9H2,1-2H3,(H,20,21)/b12-8+. The summed E-state index contributed by atoms with van der Waals surface area (Å²) in [5, 5.41) is 2.88. The summed E-state index contributed by atoms with van der Waals surface area (Å²) in [4.78, 5) is 12.1. The van der Waals surface area contributed by atoms with E-state index in [9.17, 15) is 13.2 Å². The molecule has 2 N–H and O–H groups in total. The van der Waals surface area contributed by atoms with Gasteiger partial charge in [0.1, 0.15) is 5.76 Å². The van der Waals surface area contributed by atoms with Crippen LogP contribution < -0.4 is 10.0 Å². The van der Waals surface area contributed by atoms with Crippen LogP contribution in [0.1, 0.15) is 24.7 Å². The molecule has 6 nitrogen and oxygen atoms in total. The Hall–Kier alpha value is -2.38. The van der Waals surface area contributed by atoms with Crippen LogP contribution in [0.25, 0.3) is 6.08 Å². The summed E-state index contributed by atoms with van der Waals surface area (Å²) < 4.78 is 30.8. The van der Waals surface area contributed by atoms with Crippen LogP contribution in [0.15, 0.2) is 58.1 Å². The van der Waals surface area contributed by atoms with Crippen molar-refractivity contribution < 1.29 is 17.6 Å². The van der Waals surface area contributed by atoms with Gasteiger partial charge in [-0.05, 0) is 56.3 Å². The van der Waals surface area contributed by atoms with E-state index in [-0.39, 0.29) is 16.8 Å². The smallest absolute Gasteiger partial charge is 0.244 e. The van der Waals surface area contributed by atoms with Crippen molar-refractivity contribution in [3.63, 3.8) is 0 Å². The molecule has 0 bridgehead atoms. The Morgan fingerprint density at radius 3 is 2.56 bits per heavy atom. The van der Waals surface area contributed by atoms with Crippen LogP contribution in [0.4, 0.5) is 0 Å². The number of nitrogens with one attached hydrogen (secondary N) is 2. The molecule has 0 aliphatic heterocycles. The lowest BCUT2D eigenvalue weighted by molar-refractivity contribution is -0.117. The fourth-order valence-electron chi connectivity index (χ4n) is 2.22. The summed E-state index contributed by atoms with van der Waals surface area (Å²) in [7, 11) is -2.09. The van der Waals surface area contributed by atoms with Gasteiger partial charge in [0.05, 0.1) is 11.2 Å². The summed E-state index contributed by atoms with van der Waals surface area (Å²) in [5.41, 5.74) is 0.744. The van der Waals surface area contributed by atoms with Gasteiger partial charge in [-0.2, -0.15) is 0 Å². The molecular formula is C18H22N2O4S. The number of furan rings is 1. The normalized spacial score (nSPS) is 13.0. The van der Waals surface area contributed by atoms with Crippen LogP contribution in [0.5, 0.6) is 0 Å². The van der Waals surface area contributed by atoms with Crippen molar-refractivity contribution in [2.45, 2.75) is 30.7 Å². The minimum absolute atomic E-state index is 0.0189. The monoisotopic (exact) mass is 362 g/mol. The third-order valence-corrected chi connectivity index (χ3v) is 5.11. The zero-order chi connectivity index (χ0) is 18.3. The first-order valence-electron chi connectivity index (χ1n) is 7.95. The summed E-state index contributed by atoms with van der Waals surface area (Å²) in [5.74, 6) is 0.701. The maximum atomic E-state index is 11.9. The molecule has 0 spiro atoms. The first kappa shape index (κ1) is 19.0. The lowest BCUT2D eigenvalue weighted by Gasteiger charge is -2.11. The number of carbonyl (C=O) groups excluding carboxylic acids is 1. The Kier molecular flexibility index (Phi) is 6.55. The SMILES string of the molecule is CNS(=O)(=O)c1ccc(/C=C/C(=O)NC(C)CCc2ccco2)cc1. The fraction of sp³-hybridized carbons (Fsp3) is 0.278. The topological polar surface area (TPSA) is 88.4 Å². The van der Waals surface area contributed by atoms with Crippen molar-refractivity contribution >= 4 is 22.0 Å². The van der Waals surface area contributed by atoms with E-state index < -0.39 is 10.0 Å². The molecule has 1 aromatic carbocycles.